The summed E-state index contributed by atoms with van der Waals surface area (Å²) in [5, 5.41) is 17.9. The number of nitrogen functional groups attached to an aromatic ring is 1. The molecule has 0 aliphatic rings. The van der Waals surface area contributed by atoms with Crippen molar-refractivity contribution >= 4 is 11.7 Å². The first kappa shape index (κ1) is 15.9. The van der Waals surface area contributed by atoms with Gasteiger partial charge in [0.25, 0.3) is 0 Å². The summed E-state index contributed by atoms with van der Waals surface area (Å²) in [6, 6.07) is 13.1. The van der Waals surface area contributed by atoms with Crippen LogP contribution in [0, 0.1) is 22.7 Å². The molecule has 0 aliphatic heterocycles. The van der Waals surface area contributed by atoms with Crippen LogP contribution in [0.25, 0.3) is 0 Å². The largest absolute Gasteiger partial charge is 0.462 e. The Morgan fingerprint density at radius 2 is 1.91 bits per heavy atom. The van der Waals surface area contributed by atoms with Gasteiger partial charge in [0.05, 0.1) is 29.0 Å². The van der Waals surface area contributed by atoms with Crippen LogP contribution in [0.3, 0.4) is 0 Å². The molecule has 0 aliphatic carbocycles. The first-order valence-electron chi connectivity index (χ1n) is 6.78. The van der Waals surface area contributed by atoms with E-state index in [1.807, 2.05) is 12.1 Å². The smallest absolute Gasteiger partial charge is 0.340 e. The van der Waals surface area contributed by atoms with Gasteiger partial charge >= 0.3 is 5.97 Å². The predicted octanol–water partition coefficient (Wildman–Crippen LogP) is 2.98. The number of nitriles is 2. The van der Waals surface area contributed by atoms with Crippen molar-refractivity contribution in [3.05, 3.63) is 53.1 Å². The highest BCUT2D eigenvalue weighted by Gasteiger charge is 2.15. The van der Waals surface area contributed by atoms with Crippen molar-refractivity contribution in [3.63, 3.8) is 0 Å². The Morgan fingerprint density at radius 3 is 2.57 bits per heavy atom. The Balaban J connectivity index is 2.35. The zero-order valence-electron chi connectivity index (χ0n) is 12.4. The molecule has 2 rings (SSSR count). The molecule has 0 atom stereocenters. The van der Waals surface area contributed by atoms with Crippen LogP contribution in [0.1, 0.15) is 28.4 Å². The van der Waals surface area contributed by atoms with E-state index < -0.39 is 5.97 Å². The van der Waals surface area contributed by atoms with Crippen molar-refractivity contribution in [2.75, 3.05) is 12.3 Å². The van der Waals surface area contributed by atoms with Gasteiger partial charge in [0.1, 0.15) is 17.9 Å². The molecule has 0 heterocycles. The molecule has 2 aromatic carbocycles. The minimum absolute atomic E-state index is 0.147. The maximum absolute atomic E-state index is 11.8. The molecule has 0 unspecified atom stereocenters. The third kappa shape index (κ3) is 3.39. The molecule has 0 saturated heterocycles. The number of rotatable bonds is 4. The van der Waals surface area contributed by atoms with Crippen LogP contribution in [-0.4, -0.2) is 12.6 Å². The molecule has 0 aromatic heterocycles. The van der Waals surface area contributed by atoms with E-state index in [9.17, 15) is 4.79 Å². The van der Waals surface area contributed by atoms with Gasteiger partial charge in [-0.25, -0.2) is 4.79 Å². The highest BCUT2D eigenvalue weighted by Crippen LogP contribution is 2.31. The molecule has 2 aromatic rings. The molecule has 0 bridgehead atoms. The Hall–Kier alpha value is -3.51. The molecule has 2 N–H and O–H groups in total. The molecule has 0 amide bonds. The minimum atomic E-state index is -0.534. The topological polar surface area (TPSA) is 109 Å². The van der Waals surface area contributed by atoms with Crippen molar-refractivity contribution in [3.8, 4) is 23.6 Å². The second-order valence-electron chi connectivity index (χ2n) is 4.47. The lowest BCUT2D eigenvalue weighted by Gasteiger charge is -2.12. The highest BCUT2D eigenvalue weighted by atomic mass is 16.5. The van der Waals surface area contributed by atoms with Crippen LogP contribution in [0.5, 0.6) is 11.5 Å². The molecule has 6 nitrogen and oxygen atoms in total. The summed E-state index contributed by atoms with van der Waals surface area (Å²) in [5.41, 5.74) is 6.76. The number of anilines is 1. The predicted molar refractivity (Wildman–Crippen MR) is 82.8 cm³/mol. The quantitative estimate of drug-likeness (QED) is 0.687. The number of carbonyl (C=O) groups is 1. The van der Waals surface area contributed by atoms with E-state index in [0.29, 0.717) is 5.75 Å². The average molecular weight is 307 g/mol. The summed E-state index contributed by atoms with van der Waals surface area (Å²) in [7, 11) is 0. The summed E-state index contributed by atoms with van der Waals surface area (Å²) in [6.07, 6.45) is 0. The fourth-order valence-electron chi connectivity index (χ4n) is 1.92. The average Bonchev–Trinajstić information content (AvgIpc) is 2.56. The summed E-state index contributed by atoms with van der Waals surface area (Å²) >= 11 is 0. The standard InChI is InChI=1S/C17H13N3O3/c1-2-22-17(21)14-4-3-5-15(16(14)20)23-13-7-6-11(9-18)12(8-13)10-19/h3-8H,2,20H2,1H3. The van der Waals surface area contributed by atoms with Crippen LogP contribution in [-0.2, 0) is 4.74 Å². The first-order chi connectivity index (χ1) is 11.1. The lowest BCUT2D eigenvalue weighted by atomic mass is 10.1. The van der Waals surface area contributed by atoms with Gasteiger partial charge in [0, 0.05) is 0 Å². The second kappa shape index (κ2) is 6.97. The Morgan fingerprint density at radius 1 is 1.17 bits per heavy atom. The van der Waals surface area contributed by atoms with E-state index in [4.69, 9.17) is 25.7 Å². The maximum Gasteiger partial charge on any atom is 0.340 e. The van der Waals surface area contributed by atoms with Crippen molar-refractivity contribution in [1.29, 1.82) is 10.5 Å². The number of esters is 1. The van der Waals surface area contributed by atoms with Gasteiger partial charge in [0.2, 0.25) is 0 Å². The maximum atomic E-state index is 11.8. The number of nitrogens with two attached hydrogens (primary N) is 1. The van der Waals surface area contributed by atoms with E-state index in [1.54, 1.807) is 31.2 Å². The number of carbonyl (C=O) groups excluding carboxylic acids is 1. The monoisotopic (exact) mass is 307 g/mol. The van der Waals surface area contributed by atoms with E-state index in [-0.39, 0.29) is 34.7 Å². The van der Waals surface area contributed by atoms with E-state index in [0.717, 1.165) is 0 Å². The van der Waals surface area contributed by atoms with Gasteiger partial charge in [-0.1, -0.05) is 6.07 Å². The van der Waals surface area contributed by atoms with Gasteiger partial charge < -0.3 is 15.2 Å². The SMILES string of the molecule is CCOC(=O)c1cccc(Oc2ccc(C#N)c(C#N)c2)c1N. The zero-order valence-corrected chi connectivity index (χ0v) is 12.4. The molecular formula is C17H13N3O3. The molecule has 0 saturated carbocycles. The molecule has 0 fully saturated rings. The second-order valence-corrected chi connectivity index (χ2v) is 4.47. The fraction of sp³-hybridized carbons (Fsp3) is 0.118. The summed E-state index contributed by atoms with van der Waals surface area (Å²) < 4.78 is 10.6. The summed E-state index contributed by atoms with van der Waals surface area (Å²) in [4.78, 5) is 11.8. The van der Waals surface area contributed by atoms with E-state index in [1.165, 1.54) is 12.1 Å². The minimum Gasteiger partial charge on any atom is -0.462 e. The van der Waals surface area contributed by atoms with Gasteiger partial charge in [-0.3, -0.25) is 0 Å². The van der Waals surface area contributed by atoms with Crippen molar-refractivity contribution < 1.29 is 14.3 Å². The van der Waals surface area contributed by atoms with Crippen LogP contribution in [0.2, 0.25) is 0 Å². The molecule has 0 radical (unpaired) electrons. The van der Waals surface area contributed by atoms with Crippen LogP contribution >= 0.6 is 0 Å². The molecular weight excluding hydrogens is 294 g/mol. The number of hydrogen-bond donors (Lipinski definition) is 1. The van der Waals surface area contributed by atoms with Crippen molar-refractivity contribution in [2.45, 2.75) is 6.92 Å². The Labute approximate surface area is 133 Å². The third-order valence-electron chi connectivity index (χ3n) is 3.02. The van der Waals surface area contributed by atoms with Crippen molar-refractivity contribution in [2.24, 2.45) is 0 Å². The lowest BCUT2D eigenvalue weighted by molar-refractivity contribution is 0.0527. The van der Waals surface area contributed by atoms with Gasteiger partial charge in [-0.2, -0.15) is 10.5 Å². The van der Waals surface area contributed by atoms with Crippen LogP contribution in [0.15, 0.2) is 36.4 Å². The Kier molecular flexibility index (Phi) is 4.81. The van der Waals surface area contributed by atoms with Crippen LogP contribution < -0.4 is 10.5 Å². The fourth-order valence-corrected chi connectivity index (χ4v) is 1.92. The number of para-hydroxylation sites is 1. The number of hydrogen-bond acceptors (Lipinski definition) is 6. The van der Waals surface area contributed by atoms with Crippen molar-refractivity contribution in [1.82, 2.24) is 0 Å². The highest BCUT2D eigenvalue weighted by molar-refractivity contribution is 5.96. The van der Waals surface area contributed by atoms with Crippen LogP contribution in [0.4, 0.5) is 5.69 Å². The zero-order chi connectivity index (χ0) is 16.8. The summed E-state index contributed by atoms with van der Waals surface area (Å²) in [5.74, 6) is 0.0744. The van der Waals surface area contributed by atoms with E-state index in [2.05, 4.69) is 0 Å². The lowest BCUT2D eigenvalue weighted by Crippen LogP contribution is -2.08. The molecule has 114 valence electrons. The molecule has 23 heavy (non-hydrogen) atoms. The third-order valence-corrected chi connectivity index (χ3v) is 3.02. The molecule has 0 spiro atoms. The summed E-state index contributed by atoms with van der Waals surface area (Å²) in [6.45, 7) is 1.94. The van der Waals surface area contributed by atoms with Gasteiger partial charge in [0.15, 0.2) is 5.75 Å². The van der Waals surface area contributed by atoms with Gasteiger partial charge in [-0.05, 0) is 37.3 Å². The Bertz CT molecular complexity index is 832. The first-order valence-corrected chi connectivity index (χ1v) is 6.78. The number of benzene rings is 2. The number of ether oxygens (including phenoxy) is 2. The normalized spacial score (nSPS) is 9.52. The van der Waals surface area contributed by atoms with Gasteiger partial charge in [-0.15, -0.1) is 0 Å². The number of nitrogens with zero attached hydrogens (tertiary/aromatic N) is 2. The van der Waals surface area contributed by atoms with E-state index >= 15 is 0 Å². The molecule has 6 heteroatoms.